The number of hydrazine groups is 1. The normalized spacial score (nSPS) is 26.3. The first kappa shape index (κ1) is 12.4. The standard InChI is InChI=1S/C10H22N4O/c1-4-9(10(15)12-11)14-6-5-13(3)7-8(14)2/h8-9H,4-7,11H2,1-3H3,(H,12,15). The molecule has 5 heteroatoms. The number of piperazine rings is 1. The monoisotopic (exact) mass is 214 g/mol. The van der Waals surface area contributed by atoms with Crippen molar-refractivity contribution in [1.29, 1.82) is 0 Å². The third-order valence-corrected chi connectivity index (χ3v) is 3.11. The number of hydrogen-bond donors (Lipinski definition) is 2. The molecule has 0 radical (unpaired) electrons. The molecule has 1 rings (SSSR count). The average Bonchev–Trinajstić information content (AvgIpc) is 2.21. The van der Waals surface area contributed by atoms with Gasteiger partial charge in [0, 0.05) is 25.7 Å². The molecule has 1 aliphatic rings. The lowest BCUT2D eigenvalue weighted by Crippen LogP contribution is -2.58. The topological polar surface area (TPSA) is 61.6 Å². The van der Waals surface area contributed by atoms with Gasteiger partial charge >= 0.3 is 0 Å². The van der Waals surface area contributed by atoms with Gasteiger partial charge < -0.3 is 4.90 Å². The molecule has 0 aromatic heterocycles. The molecule has 2 atom stereocenters. The molecule has 3 N–H and O–H groups in total. The molecule has 1 saturated heterocycles. The Morgan fingerprint density at radius 2 is 2.27 bits per heavy atom. The summed E-state index contributed by atoms with van der Waals surface area (Å²) < 4.78 is 0. The lowest BCUT2D eigenvalue weighted by molar-refractivity contribution is -0.128. The van der Waals surface area contributed by atoms with E-state index in [1.165, 1.54) is 0 Å². The number of carbonyl (C=O) groups is 1. The Labute approximate surface area is 91.6 Å². The summed E-state index contributed by atoms with van der Waals surface area (Å²) in [4.78, 5) is 16.1. The van der Waals surface area contributed by atoms with Crippen molar-refractivity contribution in [2.75, 3.05) is 26.7 Å². The SMILES string of the molecule is CCC(C(=O)NN)N1CCN(C)CC1C. The first-order valence-corrected chi connectivity index (χ1v) is 5.54. The van der Waals surface area contributed by atoms with Crippen LogP contribution in [0.2, 0.25) is 0 Å². The van der Waals surface area contributed by atoms with E-state index in [4.69, 9.17) is 5.84 Å². The van der Waals surface area contributed by atoms with Crippen molar-refractivity contribution in [2.45, 2.75) is 32.4 Å². The lowest BCUT2D eigenvalue weighted by Gasteiger charge is -2.41. The Hall–Kier alpha value is -0.650. The van der Waals surface area contributed by atoms with Crippen LogP contribution in [0.15, 0.2) is 0 Å². The van der Waals surface area contributed by atoms with Crippen LogP contribution in [-0.4, -0.2) is 54.5 Å². The molecule has 15 heavy (non-hydrogen) atoms. The number of hydrogen-bond acceptors (Lipinski definition) is 4. The zero-order valence-electron chi connectivity index (χ0n) is 9.86. The van der Waals surface area contributed by atoms with Crippen LogP contribution in [-0.2, 0) is 4.79 Å². The fraction of sp³-hybridized carbons (Fsp3) is 0.900. The van der Waals surface area contributed by atoms with Gasteiger partial charge in [-0.3, -0.25) is 15.1 Å². The molecular weight excluding hydrogens is 192 g/mol. The third-order valence-electron chi connectivity index (χ3n) is 3.11. The minimum atomic E-state index is -0.0845. The highest BCUT2D eigenvalue weighted by Gasteiger charge is 2.30. The van der Waals surface area contributed by atoms with Crippen molar-refractivity contribution in [3.63, 3.8) is 0 Å². The summed E-state index contributed by atoms with van der Waals surface area (Å²) in [5, 5.41) is 0. The number of likely N-dealkylation sites (N-methyl/N-ethyl adjacent to an activating group) is 1. The first-order valence-electron chi connectivity index (χ1n) is 5.54. The van der Waals surface area contributed by atoms with Crippen LogP contribution in [0.1, 0.15) is 20.3 Å². The van der Waals surface area contributed by atoms with Gasteiger partial charge in [-0.1, -0.05) is 6.92 Å². The van der Waals surface area contributed by atoms with Crippen molar-refractivity contribution in [3.8, 4) is 0 Å². The number of nitrogens with two attached hydrogens (primary N) is 1. The lowest BCUT2D eigenvalue weighted by atomic mass is 10.1. The van der Waals surface area contributed by atoms with Crippen LogP contribution in [0.3, 0.4) is 0 Å². The number of nitrogens with one attached hydrogen (secondary N) is 1. The Morgan fingerprint density at radius 3 is 2.73 bits per heavy atom. The highest BCUT2D eigenvalue weighted by atomic mass is 16.2. The predicted octanol–water partition coefficient (Wildman–Crippen LogP) is -0.609. The van der Waals surface area contributed by atoms with Crippen molar-refractivity contribution in [1.82, 2.24) is 15.2 Å². The maximum Gasteiger partial charge on any atom is 0.251 e. The van der Waals surface area contributed by atoms with Crippen LogP contribution in [0, 0.1) is 0 Å². The second-order valence-corrected chi connectivity index (χ2v) is 4.28. The van der Waals surface area contributed by atoms with E-state index in [9.17, 15) is 4.79 Å². The average molecular weight is 214 g/mol. The fourth-order valence-corrected chi connectivity index (χ4v) is 2.28. The predicted molar refractivity (Wildman–Crippen MR) is 60.1 cm³/mol. The second kappa shape index (κ2) is 5.44. The molecule has 0 aliphatic carbocycles. The van der Waals surface area contributed by atoms with Gasteiger partial charge in [0.15, 0.2) is 0 Å². The van der Waals surface area contributed by atoms with Crippen molar-refractivity contribution in [3.05, 3.63) is 0 Å². The van der Waals surface area contributed by atoms with E-state index in [1.807, 2.05) is 6.92 Å². The molecule has 1 heterocycles. The van der Waals surface area contributed by atoms with E-state index in [1.54, 1.807) is 0 Å². The van der Waals surface area contributed by atoms with Crippen LogP contribution in [0.4, 0.5) is 0 Å². The van der Waals surface area contributed by atoms with Crippen molar-refractivity contribution >= 4 is 5.91 Å². The van der Waals surface area contributed by atoms with E-state index in [0.717, 1.165) is 26.1 Å². The smallest absolute Gasteiger partial charge is 0.251 e. The van der Waals surface area contributed by atoms with Gasteiger partial charge in [0.2, 0.25) is 0 Å². The van der Waals surface area contributed by atoms with Gasteiger partial charge in [-0.25, -0.2) is 5.84 Å². The molecule has 2 unspecified atom stereocenters. The van der Waals surface area contributed by atoms with Gasteiger partial charge in [0.1, 0.15) is 0 Å². The molecule has 5 nitrogen and oxygen atoms in total. The van der Waals surface area contributed by atoms with Gasteiger partial charge in [0.05, 0.1) is 6.04 Å². The number of carbonyl (C=O) groups excluding carboxylic acids is 1. The number of nitrogens with zero attached hydrogens (tertiary/aromatic N) is 2. The first-order chi connectivity index (χ1) is 7.10. The minimum Gasteiger partial charge on any atom is -0.304 e. The van der Waals surface area contributed by atoms with Gasteiger partial charge in [-0.05, 0) is 20.4 Å². The van der Waals surface area contributed by atoms with Crippen LogP contribution in [0.5, 0.6) is 0 Å². The summed E-state index contributed by atoms with van der Waals surface area (Å²) in [5.41, 5.74) is 2.25. The summed E-state index contributed by atoms with van der Waals surface area (Å²) in [6.45, 7) is 7.13. The fourth-order valence-electron chi connectivity index (χ4n) is 2.28. The maximum atomic E-state index is 11.6. The second-order valence-electron chi connectivity index (χ2n) is 4.28. The molecule has 1 fully saturated rings. The van der Waals surface area contributed by atoms with E-state index in [-0.39, 0.29) is 11.9 Å². The molecule has 0 aromatic carbocycles. The van der Waals surface area contributed by atoms with Gasteiger partial charge in [-0.2, -0.15) is 0 Å². The summed E-state index contributed by atoms with van der Waals surface area (Å²) >= 11 is 0. The number of rotatable bonds is 3. The molecular formula is C10H22N4O. The van der Waals surface area contributed by atoms with E-state index < -0.39 is 0 Å². The van der Waals surface area contributed by atoms with Crippen molar-refractivity contribution in [2.24, 2.45) is 5.84 Å². The molecule has 0 spiro atoms. The highest BCUT2D eigenvalue weighted by Crippen LogP contribution is 2.14. The highest BCUT2D eigenvalue weighted by molar-refractivity contribution is 5.81. The van der Waals surface area contributed by atoms with Crippen LogP contribution < -0.4 is 11.3 Å². The number of amides is 1. The summed E-state index contributed by atoms with van der Waals surface area (Å²) in [6, 6.07) is 0.324. The van der Waals surface area contributed by atoms with Gasteiger partial charge in [0.25, 0.3) is 5.91 Å². The Balaban J connectivity index is 2.63. The van der Waals surface area contributed by atoms with E-state index in [2.05, 4.69) is 29.2 Å². The molecule has 88 valence electrons. The van der Waals surface area contributed by atoms with Crippen LogP contribution in [0.25, 0.3) is 0 Å². The Morgan fingerprint density at radius 1 is 1.60 bits per heavy atom. The quantitative estimate of drug-likeness (QED) is 0.374. The summed E-state index contributed by atoms with van der Waals surface area (Å²) in [5.74, 6) is 5.12. The molecule has 1 aliphatic heterocycles. The zero-order valence-corrected chi connectivity index (χ0v) is 9.86. The van der Waals surface area contributed by atoms with Crippen LogP contribution >= 0.6 is 0 Å². The molecule has 0 saturated carbocycles. The Bertz CT molecular complexity index is 221. The molecule has 0 bridgehead atoms. The van der Waals surface area contributed by atoms with Crippen molar-refractivity contribution < 1.29 is 4.79 Å². The van der Waals surface area contributed by atoms with E-state index in [0.29, 0.717) is 6.04 Å². The van der Waals surface area contributed by atoms with Gasteiger partial charge in [-0.15, -0.1) is 0 Å². The third kappa shape index (κ3) is 2.90. The molecule has 0 aromatic rings. The molecule has 1 amide bonds. The largest absolute Gasteiger partial charge is 0.304 e. The summed E-state index contributed by atoms with van der Waals surface area (Å²) in [6.07, 6.45) is 0.803. The Kier molecular flexibility index (Phi) is 4.50. The minimum absolute atomic E-state index is 0.0751. The zero-order chi connectivity index (χ0) is 11.4. The van der Waals surface area contributed by atoms with E-state index >= 15 is 0 Å². The maximum absolute atomic E-state index is 11.6. The summed E-state index contributed by atoms with van der Waals surface area (Å²) in [7, 11) is 2.11.